The molecule has 3 aromatic carbocycles. The number of anilines is 1. The average molecular weight is 554 g/mol. The minimum Gasteiger partial charge on any atom is -0.497 e. The summed E-state index contributed by atoms with van der Waals surface area (Å²) in [5, 5.41) is 4.19. The normalized spacial score (nSPS) is 14.3. The summed E-state index contributed by atoms with van der Waals surface area (Å²) < 4.78 is 10.2. The molecule has 1 aliphatic rings. The SMILES string of the molecule is COC(=O)c1ccc(N(C(=O)Cc2c[nH]c3ccccc23)C(C(=O)NC2CCCCC2)c2ccc(OC)cc2)cc1. The monoisotopic (exact) mass is 553 g/mol. The van der Waals surface area contributed by atoms with Crippen LogP contribution < -0.4 is 15.0 Å². The fourth-order valence-electron chi connectivity index (χ4n) is 5.57. The fourth-order valence-corrected chi connectivity index (χ4v) is 5.57. The molecular formula is C33H35N3O5. The van der Waals surface area contributed by atoms with Crippen LogP contribution in [0.25, 0.3) is 10.9 Å². The number of aromatic nitrogens is 1. The molecule has 41 heavy (non-hydrogen) atoms. The topological polar surface area (TPSA) is 101 Å². The number of aromatic amines is 1. The largest absolute Gasteiger partial charge is 0.497 e. The quantitative estimate of drug-likeness (QED) is 0.258. The lowest BCUT2D eigenvalue weighted by Crippen LogP contribution is -2.47. The molecule has 8 nitrogen and oxygen atoms in total. The van der Waals surface area contributed by atoms with Crippen LogP contribution in [-0.4, -0.2) is 43.0 Å². The number of benzene rings is 3. The van der Waals surface area contributed by atoms with Crippen LogP contribution in [0, 0.1) is 0 Å². The van der Waals surface area contributed by atoms with E-state index in [1.165, 1.54) is 7.11 Å². The van der Waals surface area contributed by atoms with Crippen LogP contribution in [0.5, 0.6) is 5.75 Å². The first-order valence-electron chi connectivity index (χ1n) is 14.0. The molecule has 2 N–H and O–H groups in total. The third-order valence-electron chi connectivity index (χ3n) is 7.74. The van der Waals surface area contributed by atoms with E-state index in [9.17, 15) is 14.4 Å². The predicted octanol–water partition coefficient (Wildman–Crippen LogP) is 5.73. The second-order valence-electron chi connectivity index (χ2n) is 10.4. The van der Waals surface area contributed by atoms with Gasteiger partial charge in [-0.2, -0.15) is 0 Å². The summed E-state index contributed by atoms with van der Waals surface area (Å²) in [6, 6.07) is 20.7. The summed E-state index contributed by atoms with van der Waals surface area (Å²) >= 11 is 0. The Balaban J connectivity index is 1.57. The van der Waals surface area contributed by atoms with E-state index in [2.05, 4.69) is 10.3 Å². The second-order valence-corrected chi connectivity index (χ2v) is 10.4. The molecule has 0 spiro atoms. The maximum atomic E-state index is 14.3. The number of hydrogen-bond donors (Lipinski definition) is 2. The fraction of sp³-hybridized carbons (Fsp3) is 0.303. The number of esters is 1. The highest BCUT2D eigenvalue weighted by Crippen LogP contribution is 2.32. The number of carbonyl (C=O) groups excluding carboxylic acids is 3. The third-order valence-corrected chi connectivity index (χ3v) is 7.74. The minimum atomic E-state index is -0.940. The van der Waals surface area contributed by atoms with Gasteiger partial charge in [0.25, 0.3) is 0 Å². The summed E-state index contributed by atoms with van der Waals surface area (Å²) in [6.45, 7) is 0. The van der Waals surface area contributed by atoms with Crippen molar-refractivity contribution in [2.75, 3.05) is 19.1 Å². The summed E-state index contributed by atoms with van der Waals surface area (Å²) in [4.78, 5) is 45.3. The number of methoxy groups -OCH3 is 2. The van der Waals surface area contributed by atoms with Crippen molar-refractivity contribution in [3.63, 3.8) is 0 Å². The predicted molar refractivity (Wildman–Crippen MR) is 158 cm³/mol. The Morgan fingerprint density at radius 3 is 2.32 bits per heavy atom. The molecule has 5 rings (SSSR count). The van der Waals surface area contributed by atoms with Gasteiger partial charge >= 0.3 is 5.97 Å². The number of fused-ring (bicyclic) bond motifs is 1. The van der Waals surface area contributed by atoms with Gasteiger partial charge < -0.3 is 19.8 Å². The van der Waals surface area contributed by atoms with E-state index in [0.717, 1.165) is 48.6 Å². The van der Waals surface area contributed by atoms with Crippen LogP contribution >= 0.6 is 0 Å². The standard InChI is InChI=1S/C33H35N3O5/c1-40-27-18-14-22(15-19-27)31(32(38)35-25-8-4-3-5-9-25)36(26-16-12-23(13-17-26)33(39)41-2)30(37)20-24-21-34-29-11-7-6-10-28(24)29/h6-7,10-19,21,25,31,34H,3-5,8-9,20H2,1-2H3,(H,35,38). The number of carbonyl (C=O) groups is 3. The third kappa shape index (κ3) is 6.27. The molecule has 1 heterocycles. The van der Waals surface area contributed by atoms with Crippen molar-refractivity contribution < 1.29 is 23.9 Å². The van der Waals surface area contributed by atoms with Gasteiger partial charge in [-0.05, 0) is 66.4 Å². The van der Waals surface area contributed by atoms with Gasteiger partial charge in [0.2, 0.25) is 11.8 Å². The Bertz CT molecular complexity index is 1500. The molecule has 0 aliphatic heterocycles. The molecule has 0 bridgehead atoms. The highest BCUT2D eigenvalue weighted by Gasteiger charge is 2.34. The zero-order valence-electron chi connectivity index (χ0n) is 23.4. The van der Waals surface area contributed by atoms with E-state index in [1.54, 1.807) is 48.4 Å². The van der Waals surface area contributed by atoms with Gasteiger partial charge in [0.15, 0.2) is 0 Å². The number of ether oxygens (including phenoxy) is 2. The molecule has 1 fully saturated rings. The molecule has 0 saturated heterocycles. The summed E-state index contributed by atoms with van der Waals surface area (Å²) in [5.41, 5.74) is 3.28. The number of H-pyrrole nitrogens is 1. The van der Waals surface area contributed by atoms with Crippen molar-refractivity contribution >= 4 is 34.4 Å². The van der Waals surface area contributed by atoms with Crippen molar-refractivity contribution in [3.05, 3.63) is 95.7 Å². The maximum absolute atomic E-state index is 14.3. The lowest BCUT2D eigenvalue weighted by Gasteiger charge is -2.33. The average Bonchev–Trinajstić information content (AvgIpc) is 3.42. The molecular weight excluding hydrogens is 518 g/mol. The van der Waals surface area contributed by atoms with Crippen molar-refractivity contribution in [3.8, 4) is 5.75 Å². The lowest BCUT2D eigenvalue weighted by molar-refractivity contribution is -0.127. The van der Waals surface area contributed by atoms with E-state index in [1.807, 2.05) is 42.6 Å². The molecule has 1 saturated carbocycles. The van der Waals surface area contributed by atoms with E-state index >= 15 is 0 Å². The Morgan fingerprint density at radius 2 is 1.63 bits per heavy atom. The van der Waals surface area contributed by atoms with Gasteiger partial charge in [0, 0.05) is 28.8 Å². The first-order valence-corrected chi connectivity index (χ1v) is 14.0. The van der Waals surface area contributed by atoms with Gasteiger partial charge in [-0.15, -0.1) is 0 Å². The second kappa shape index (κ2) is 12.7. The molecule has 0 radical (unpaired) electrons. The summed E-state index contributed by atoms with van der Waals surface area (Å²) in [7, 11) is 2.91. The van der Waals surface area contributed by atoms with Crippen LogP contribution in [0.15, 0.2) is 79.0 Å². The van der Waals surface area contributed by atoms with Crippen molar-refractivity contribution in [2.24, 2.45) is 0 Å². The molecule has 1 atom stereocenters. The molecule has 1 aliphatic carbocycles. The molecule has 1 unspecified atom stereocenters. The Morgan fingerprint density at radius 1 is 0.927 bits per heavy atom. The van der Waals surface area contributed by atoms with Crippen molar-refractivity contribution in [1.82, 2.24) is 10.3 Å². The highest BCUT2D eigenvalue weighted by atomic mass is 16.5. The van der Waals surface area contributed by atoms with Crippen LogP contribution in [-0.2, 0) is 20.7 Å². The molecule has 4 aromatic rings. The van der Waals surface area contributed by atoms with Gasteiger partial charge in [-0.25, -0.2) is 4.79 Å². The smallest absolute Gasteiger partial charge is 0.337 e. The Labute approximate surface area is 239 Å². The van der Waals surface area contributed by atoms with Gasteiger partial charge in [0.1, 0.15) is 11.8 Å². The first kappa shape index (κ1) is 28.0. The zero-order chi connectivity index (χ0) is 28.8. The van der Waals surface area contributed by atoms with Crippen LogP contribution in [0.2, 0.25) is 0 Å². The van der Waals surface area contributed by atoms with Crippen LogP contribution in [0.4, 0.5) is 5.69 Å². The van der Waals surface area contributed by atoms with E-state index in [4.69, 9.17) is 9.47 Å². The Hall–Kier alpha value is -4.59. The lowest BCUT2D eigenvalue weighted by atomic mass is 9.94. The first-order chi connectivity index (χ1) is 20.0. The summed E-state index contributed by atoms with van der Waals surface area (Å²) in [6.07, 6.45) is 7.04. The number of hydrogen-bond acceptors (Lipinski definition) is 5. The molecule has 8 heteroatoms. The van der Waals surface area contributed by atoms with Crippen molar-refractivity contribution in [2.45, 2.75) is 50.6 Å². The number of rotatable bonds is 9. The van der Waals surface area contributed by atoms with E-state index in [0.29, 0.717) is 22.6 Å². The van der Waals surface area contributed by atoms with Crippen molar-refractivity contribution in [1.29, 1.82) is 0 Å². The number of nitrogens with zero attached hydrogens (tertiary/aromatic N) is 1. The molecule has 1 aromatic heterocycles. The minimum absolute atomic E-state index is 0.0595. The molecule has 212 valence electrons. The van der Waals surface area contributed by atoms with Gasteiger partial charge in [-0.3, -0.25) is 14.5 Å². The summed E-state index contributed by atoms with van der Waals surface area (Å²) in [5.74, 6) is -0.319. The van der Waals surface area contributed by atoms with Gasteiger partial charge in [0.05, 0.1) is 26.2 Å². The van der Waals surface area contributed by atoms with Crippen LogP contribution in [0.1, 0.15) is 59.6 Å². The maximum Gasteiger partial charge on any atom is 0.337 e. The molecule has 2 amide bonds. The number of nitrogens with one attached hydrogen (secondary N) is 2. The number of amides is 2. The Kier molecular flexibility index (Phi) is 8.67. The highest BCUT2D eigenvalue weighted by molar-refractivity contribution is 6.04. The van der Waals surface area contributed by atoms with Gasteiger partial charge in [-0.1, -0.05) is 49.6 Å². The number of para-hydroxylation sites is 1. The van der Waals surface area contributed by atoms with E-state index in [-0.39, 0.29) is 24.3 Å². The van der Waals surface area contributed by atoms with Crippen LogP contribution in [0.3, 0.4) is 0 Å². The zero-order valence-corrected chi connectivity index (χ0v) is 23.4. The van der Waals surface area contributed by atoms with E-state index < -0.39 is 12.0 Å².